The highest BCUT2D eigenvalue weighted by Crippen LogP contribution is 2.37. The monoisotopic (exact) mass is 271 g/mol. The van der Waals surface area contributed by atoms with E-state index in [1.807, 2.05) is 22.8 Å². The Kier molecular flexibility index (Phi) is 2.84. The number of hydrogen-bond acceptors (Lipinski definition) is 3. The van der Waals surface area contributed by atoms with Crippen LogP contribution in [0.1, 0.15) is 28.9 Å². The highest BCUT2D eigenvalue weighted by molar-refractivity contribution is 6.35. The van der Waals surface area contributed by atoms with E-state index in [0.717, 1.165) is 17.7 Å². The Labute approximate surface area is 115 Å². The fraction of sp³-hybridized carbons (Fsp3) is 0.214. The number of carbonyl (C=O) groups excluding carboxylic acids is 1. The van der Waals surface area contributed by atoms with Gasteiger partial charge in [-0.1, -0.05) is 11.6 Å². The van der Waals surface area contributed by atoms with Crippen LogP contribution in [0.3, 0.4) is 0 Å². The van der Waals surface area contributed by atoms with E-state index in [9.17, 15) is 10.1 Å². The van der Waals surface area contributed by atoms with Crippen LogP contribution in [-0.4, -0.2) is 15.3 Å². The molecular weight excluding hydrogens is 262 g/mol. The maximum absolute atomic E-state index is 12.0. The predicted octanol–water partition coefficient (Wildman–Crippen LogP) is 3.05. The molecule has 3 rings (SSSR count). The number of pyridine rings is 1. The highest BCUT2D eigenvalue weighted by Gasteiger charge is 2.29. The zero-order chi connectivity index (χ0) is 13.4. The lowest BCUT2D eigenvalue weighted by Gasteiger charge is -2.17. The van der Waals surface area contributed by atoms with Crippen LogP contribution in [0.5, 0.6) is 0 Å². The van der Waals surface area contributed by atoms with Gasteiger partial charge in [-0.2, -0.15) is 5.26 Å². The van der Waals surface area contributed by atoms with Crippen molar-refractivity contribution in [1.82, 2.24) is 9.55 Å². The molecule has 0 aliphatic carbocycles. The number of nitrogens with zero attached hydrogens (tertiary/aromatic N) is 3. The molecule has 19 heavy (non-hydrogen) atoms. The van der Waals surface area contributed by atoms with E-state index in [-0.39, 0.29) is 11.3 Å². The maximum atomic E-state index is 12.0. The van der Waals surface area contributed by atoms with Gasteiger partial charge in [-0.3, -0.25) is 9.78 Å². The predicted molar refractivity (Wildman–Crippen MR) is 71.0 cm³/mol. The van der Waals surface area contributed by atoms with Crippen molar-refractivity contribution in [1.29, 1.82) is 5.26 Å². The topological polar surface area (TPSA) is 58.7 Å². The number of nitriles is 1. The van der Waals surface area contributed by atoms with Crippen molar-refractivity contribution in [2.75, 3.05) is 0 Å². The van der Waals surface area contributed by atoms with Gasteiger partial charge in [0.25, 0.3) is 0 Å². The molecule has 1 aliphatic heterocycles. The first-order chi connectivity index (χ1) is 9.24. The number of carbonyl (C=O) groups is 1. The van der Waals surface area contributed by atoms with Gasteiger partial charge in [0.1, 0.15) is 17.3 Å². The van der Waals surface area contributed by atoms with Gasteiger partial charge in [0.15, 0.2) is 5.78 Å². The van der Waals surface area contributed by atoms with Crippen LogP contribution in [0, 0.1) is 11.3 Å². The van der Waals surface area contributed by atoms with Crippen LogP contribution in [0.15, 0.2) is 24.5 Å². The highest BCUT2D eigenvalue weighted by atomic mass is 35.5. The SMILES string of the molecule is N#Cc1c(Cl)c(-c2cccnc2)n2c1C(=O)CCC2. The molecule has 2 aromatic heterocycles. The second kappa shape index (κ2) is 4.52. The summed E-state index contributed by atoms with van der Waals surface area (Å²) in [6, 6.07) is 5.73. The summed E-state index contributed by atoms with van der Waals surface area (Å²) in [4.78, 5) is 16.1. The molecular formula is C14H10ClN3O. The van der Waals surface area contributed by atoms with Crippen LogP contribution >= 0.6 is 11.6 Å². The lowest BCUT2D eigenvalue weighted by molar-refractivity contribution is 0.0955. The van der Waals surface area contributed by atoms with E-state index in [0.29, 0.717) is 23.7 Å². The zero-order valence-corrected chi connectivity index (χ0v) is 10.8. The molecule has 0 amide bonds. The standard InChI is InChI=1S/C14H10ClN3O/c15-12-10(7-16)14-11(19)4-2-6-18(14)13(12)9-3-1-5-17-8-9/h1,3,5,8H,2,4,6H2. The number of rotatable bonds is 1. The Morgan fingerprint density at radius 1 is 1.42 bits per heavy atom. The fourth-order valence-electron chi connectivity index (χ4n) is 2.50. The minimum Gasteiger partial charge on any atom is -0.336 e. The molecule has 0 saturated heterocycles. The van der Waals surface area contributed by atoms with E-state index in [1.165, 1.54) is 0 Å². The minimum absolute atomic E-state index is 0.0140. The normalized spacial score (nSPS) is 14.0. The van der Waals surface area contributed by atoms with Gasteiger partial charge in [0.2, 0.25) is 0 Å². The average Bonchev–Trinajstić information content (AvgIpc) is 2.73. The Morgan fingerprint density at radius 2 is 2.26 bits per heavy atom. The lowest BCUT2D eigenvalue weighted by Crippen LogP contribution is -2.17. The third kappa shape index (κ3) is 1.74. The summed E-state index contributed by atoms with van der Waals surface area (Å²) in [7, 11) is 0. The molecule has 0 atom stereocenters. The molecule has 5 heteroatoms. The van der Waals surface area contributed by atoms with E-state index >= 15 is 0 Å². The van der Waals surface area contributed by atoms with Crippen molar-refractivity contribution < 1.29 is 4.79 Å². The molecule has 2 aromatic rings. The molecule has 0 bridgehead atoms. The maximum Gasteiger partial charge on any atom is 0.180 e. The summed E-state index contributed by atoms with van der Waals surface area (Å²) in [6.45, 7) is 0.701. The molecule has 0 radical (unpaired) electrons. The number of hydrogen-bond donors (Lipinski definition) is 0. The Balaban J connectivity index is 2.33. The van der Waals surface area contributed by atoms with Gasteiger partial charge >= 0.3 is 0 Å². The van der Waals surface area contributed by atoms with Crippen molar-refractivity contribution in [3.63, 3.8) is 0 Å². The van der Waals surface area contributed by atoms with Crippen molar-refractivity contribution in [2.45, 2.75) is 19.4 Å². The summed E-state index contributed by atoms with van der Waals surface area (Å²) < 4.78 is 1.85. The zero-order valence-electron chi connectivity index (χ0n) is 10.1. The van der Waals surface area contributed by atoms with Gasteiger partial charge in [0, 0.05) is 30.9 Å². The number of ketones is 1. The molecule has 0 spiro atoms. The first kappa shape index (κ1) is 11.9. The first-order valence-corrected chi connectivity index (χ1v) is 6.37. The summed E-state index contributed by atoms with van der Waals surface area (Å²) in [5.74, 6) is -0.0140. The molecule has 4 nitrogen and oxygen atoms in total. The smallest absolute Gasteiger partial charge is 0.180 e. The Morgan fingerprint density at radius 3 is 2.95 bits per heavy atom. The first-order valence-electron chi connectivity index (χ1n) is 5.99. The molecule has 0 saturated carbocycles. The second-order valence-corrected chi connectivity index (χ2v) is 4.80. The van der Waals surface area contributed by atoms with Crippen molar-refractivity contribution in [3.8, 4) is 17.3 Å². The molecule has 0 aromatic carbocycles. The number of fused-ring (bicyclic) bond motifs is 1. The molecule has 0 N–H and O–H groups in total. The largest absolute Gasteiger partial charge is 0.336 e. The van der Waals surface area contributed by atoms with Gasteiger partial charge in [-0.05, 0) is 18.6 Å². The third-order valence-corrected chi connectivity index (χ3v) is 3.67. The van der Waals surface area contributed by atoms with Crippen molar-refractivity contribution in [3.05, 3.63) is 40.8 Å². The fourth-order valence-corrected chi connectivity index (χ4v) is 2.85. The third-order valence-electron chi connectivity index (χ3n) is 3.30. The van der Waals surface area contributed by atoms with E-state index in [2.05, 4.69) is 4.98 Å². The van der Waals surface area contributed by atoms with E-state index in [4.69, 9.17) is 11.6 Å². The number of Topliss-reactive ketones (excluding diaryl/α,β-unsaturated/α-hetero) is 1. The molecule has 3 heterocycles. The number of aromatic nitrogens is 2. The summed E-state index contributed by atoms with van der Waals surface area (Å²) in [5, 5.41) is 9.58. The van der Waals surface area contributed by atoms with E-state index < -0.39 is 0 Å². The van der Waals surface area contributed by atoms with Crippen LogP contribution in [0.4, 0.5) is 0 Å². The number of halogens is 1. The summed E-state index contributed by atoms with van der Waals surface area (Å²) >= 11 is 6.30. The molecule has 0 unspecified atom stereocenters. The van der Waals surface area contributed by atoms with Crippen LogP contribution < -0.4 is 0 Å². The summed E-state index contributed by atoms with van der Waals surface area (Å²) in [5.41, 5.74) is 2.27. The van der Waals surface area contributed by atoms with Gasteiger partial charge in [0.05, 0.1) is 10.7 Å². The minimum atomic E-state index is -0.0140. The second-order valence-electron chi connectivity index (χ2n) is 4.42. The Bertz CT molecular complexity index is 698. The van der Waals surface area contributed by atoms with Crippen LogP contribution in [0.2, 0.25) is 5.02 Å². The van der Waals surface area contributed by atoms with Crippen LogP contribution in [-0.2, 0) is 6.54 Å². The van der Waals surface area contributed by atoms with Gasteiger partial charge in [-0.25, -0.2) is 0 Å². The Hall–Kier alpha value is -2.12. The van der Waals surface area contributed by atoms with Crippen LogP contribution in [0.25, 0.3) is 11.3 Å². The molecule has 1 aliphatic rings. The molecule has 94 valence electrons. The van der Waals surface area contributed by atoms with Crippen molar-refractivity contribution in [2.24, 2.45) is 0 Å². The van der Waals surface area contributed by atoms with E-state index in [1.54, 1.807) is 12.4 Å². The quantitative estimate of drug-likeness (QED) is 0.801. The van der Waals surface area contributed by atoms with Gasteiger partial charge in [-0.15, -0.1) is 0 Å². The lowest BCUT2D eigenvalue weighted by atomic mass is 10.1. The van der Waals surface area contributed by atoms with Gasteiger partial charge < -0.3 is 4.57 Å². The molecule has 0 fully saturated rings. The summed E-state index contributed by atoms with van der Waals surface area (Å²) in [6.07, 6.45) is 4.61. The van der Waals surface area contributed by atoms with Crippen molar-refractivity contribution >= 4 is 17.4 Å². The average molecular weight is 272 g/mol.